The van der Waals surface area contributed by atoms with E-state index in [9.17, 15) is 0 Å². The molecule has 0 radical (unpaired) electrons. The number of aryl methyl sites for hydroxylation is 1. The Morgan fingerprint density at radius 1 is 1.38 bits per heavy atom. The standard InChI is InChI=1S/C14H24N2/c1-6-15-11(3)8-9-14-10-12(4)16(7-2)13(14)5/h8-11,15H,6-7H2,1-5H3/b9-8+. The Kier molecular flexibility index (Phi) is 4.81. The van der Waals surface area contributed by atoms with Crippen molar-refractivity contribution in [3.63, 3.8) is 0 Å². The van der Waals surface area contributed by atoms with E-state index in [2.05, 4.69) is 62.7 Å². The average molecular weight is 220 g/mol. The second kappa shape index (κ2) is 5.90. The van der Waals surface area contributed by atoms with Gasteiger partial charge in [0.1, 0.15) is 0 Å². The molecule has 16 heavy (non-hydrogen) atoms. The zero-order valence-corrected chi connectivity index (χ0v) is 11.2. The maximum Gasteiger partial charge on any atom is 0.0224 e. The fourth-order valence-electron chi connectivity index (χ4n) is 2.12. The van der Waals surface area contributed by atoms with Crippen LogP contribution in [-0.2, 0) is 6.54 Å². The molecule has 0 aliphatic heterocycles. The summed E-state index contributed by atoms with van der Waals surface area (Å²) in [6.45, 7) is 12.9. The van der Waals surface area contributed by atoms with Gasteiger partial charge >= 0.3 is 0 Å². The van der Waals surface area contributed by atoms with Crippen LogP contribution in [0.1, 0.15) is 37.7 Å². The minimum Gasteiger partial charge on any atom is -0.349 e. The molecular formula is C14H24N2. The maximum atomic E-state index is 3.38. The normalized spacial score (nSPS) is 13.6. The van der Waals surface area contributed by atoms with Crippen molar-refractivity contribution in [3.05, 3.63) is 29.1 Å². The fourth-order valence-corrected chi connectivity index (χ4v) is 2.12. The van der Waals surface area contributed by atoms with E-state index >= 15 is 0 Å². The Labute approximate surface area is 99.4 Å². The molecule has 2 nitrogen and oxygen atoms in total. The van der Waals surface area contributed by atoms with Gasteiger partial charge in [0.25, 0.3) is 0 Å². The molecule has 0 aliphatic rings. The van der Waals surface area contributed by atoms with Gasteiger partial charge < -0.3 is 9.88 Å². The molecule has 1 N–H and O–H groups in total. The van der Waals surface area contributed by atoms with E-state index in [1.54, 1.807) is 0 Å². The van der Waals surface area contributed by atoms with Crippen molar-refractivity contribution in [1.29, 1.82) is 0 Å². The van der Waals surface area contributed by atoms with E-state index in [0.29, 0.717) is 6.04 Å². The van der Waals surface area contributed by atoms with Gasteiger partial charge in [0.05, 0.1) is 0 Å². The van der Waals surface area contributed by atoms with Crippen LogP contribution in [0.2, 0.25) is 0 Å². The molecule has 1 atom stereocenters. The molecule has 1 heterocycles. The summed E-state index contributed by atoms with van der Waals surface area (Å²) >= 11 is 0. The van der Waals surface area contributed by atoms with Gasteiger partial charge in [-0.1, -0.05) is 19.1 Å². The first-order valence-corrected chi connectivity index (χ1v) is 6.18. The SMILES string of the molecule is CCNC(C)/C=C/c1cc(C)n(CC)c1C. The third-order valence-corrected chi connectivity index (χ3v) is 3.02. The van der Waals surface area contributed by atoms with Gasteiger partial charge in [0.15, 0.2) is 0 Å². The van der Waals surface area contributed by atoms with Crippen molar-refractivity contribution >= 4 is 6.08 Å². The number of hydrogen-bond donors (Lipinski definition) is 1. The van der Waals surface area contributed by atoms with E-state index in [4.69, 9.17) is 0 Å². The Balaban J connectivity index is 2.81. The van der Waals surface area contributed by atoms with E-state index in [-0.39, 0.29) is 0 Å². The van der Waals surface area contributed by atoms with Crippen LogP contribution in [0.25, 0.3) is 6.08 Å². The number of likely N-dealkylation sites (N-methyl/N-ethyl adjacent to an activating group) is 1. The summed E-state index contributed by atoms with van der Waals surface area (Å²) in [5.74, 6) is 0. The maximum absolute atomic E-state index is 3.38. The van der Waals surface area contributed by atoms with Gasteiger partial charge in [0.2, 0.25) is 0 Å². The van der Waals surface area contributed by atoms with Crippen LogP contribution in [0.5, 0.6) is 0 Å². The van der Waals surface area contributed by atoms with Crippen molar-refractivity contribution in [1.82, 2.24) is 9.88 Å². The van der Waals surface area contributed by atoms with Gasteiger partial charge in [-0.3, -0.25) is 0 Å². The first kappa shape index (κ1) is 13.0. The van der Waals surface area contributed by atoms with E-state index in [0.717, 1.165) is 13.1 Å². The number of nitrogens with zero attached hydrogens (tertiary/aromatic N) is 1. The van der Waals surface area contributed by atoms with Crippen LogP contribution >= 0.6 is 0 Å². The number of nitrogens with one attached hydrogen (secondary N) is 1. The second-order valence-corrected chi connectivity index (χ2v) is 4.28. The smallest absolute Gasteiger partial charge is 0.0224 e. The van der Waals surface area contributed by atoms with Gasteiger partial charge in [-0.2, -0.15) is 0 Å². The summed E-state index contributed by atoms with van der Waals surface area (Å²) in [6.07, 6.45) is 4.45. The zero-order valence-electron chi connectivity index (χ0n) is 11.2. The molecule has 1 rings (SSSR count). The zero-order chi connectivity index (χ0) is 12.1. The fraction of sp³-hybridized carbons (Fsp3) is 0.571. The Morgan fingerprint density at radius 3 is 2.56 bits per heavy atom. The van der Waals surface area contributed by atoms with Crippen LogP contribution in [0.15, 0.2) is 12.1 Å². The van der Waals surface area contributed by atoms with Crippen LogP contribution in [0.3, 0.4) is 0 Å². The minimum atomic E-state index is 0.440. The summed E-state index contributed by atoms with van der Waals surface area (Å²) in [5.41, 5.74) is 4.04. The summed E-state index contributed by atoms with van der Waals surface area (Å²) in [7, 11) is 0. The molecule has 90 valence electrons. The largest absolute Gasteiger partial charge is 0.349 e. The lowest BCUT2D eigenvalue weighted by Crippen LogP contribution is -2.22. The first-order valence-electron chi connectivity index (χ1n) is 6.18. The number of aromatic nitrogens is 1. The van der Waals surface area contributed by atoms with Crippen LogP contribution in [0, 0.1) is 13.8 Å². The summed E-state index contributed by atoms with van der Waals surface area (Å²) in [5, 5.41) is 3.38. The molecule has 0 saturated heterocycles. The van der Waals surface area contributed by atoms with Crippen molar-refractivity contribution < 1.29 is 0 Å². The molecule has 1 aromatic heterocycles. The molecular weight excluding hydrogens is 196 g/mol. The predicted molar refractivity (Wildman–Crippen MR) is 71.8 cm³/mol. The topological polar surface area (TPSA) is 17.0 Å². The Morgan fingerprint density at radius 2 is 2.06 bits per heavy atom. The van der Waals surface area contributed by atoms with Crippen molar-refractivity contribution in [2.24, 2.45) is 0 Å². The van der Waals surface area contributed by atoms with Crippen LogP contribution < -0.4 is 5.32 Å². The molecule has 0 bridgehead atoms. The van der Waals surface area contributed by atoms with Gasteiger partial charge in [-0.05, 0) is 45.9 Å². The monoisotopic (exact) mass is 220 g/mol. The number of hydrogen-bond acceptors (Lipinski definition) is 1. The highest BCUT2D eigenvalue weighted by molar-refractivity contribution is 5.54. The Bertz CT molecular complexity index is 361. The predicted octanol–water partition coefficient (Wildman–Crippen LogP) is 3.14. The molecule has 1 aromatic rings. The highest BCUT2D eigenvalue weighted by Crippen LogP contribution is 2.16. The highest BCUT2D eigenvalue weighted by atomic mass is 15.0. The molecule has 0 fully saturated rings. The Hall–Kier alpha value is -1.02. The first-order chi connectivity index (χ1) is 7.60. The lowest BCUT2D eigenvalue weighted by atomic mass is 10.2. The quantitative estimate of drug-likeness (QED) is 0.806. The van der Waals surface area contributed by atoms with Gasteiger partial charge in [-0.15, -0.1) is 0 Å². The van der Waals surface area contributed by atoms with Crippen LogP contribution in [-0.4, -0.2) is 17.2 Å². The van der Waals surface area contributed by atoms with E-state index in [1.807, 2.05) is 0 Å². The third kappa shape index (κ3) is 2.99. The highest BCUT2D eigenvalue weighted by Gasteiger charge is 2.04. The van der Waals surface area contributed by atoms with Gasteiger partial charge in [-0.25, -0.2) is 0 Å². The van der Waals surface area contributed by atoms with Crippen molar-refractivity contribution in [2.45, 2.75) is 47.2 Å². The molecule has 2 heteroatoms. The lowest BCUT2D eigenvalue weighted by Gasteiger charge is -2.06. The molecule has 1 unspecified atom stereocenters. The summed E-state index contributed by atoms with van der Waals surface area (Å²) < 4.78 is 2.34. The molecule has 0 amide bonds. The lowest BCUT2D eigenvalue weighted by molar-refractivity contribution is 0.662. The molecule has 0 spiro atoms. The number of rotatable bonds is 5. The molecule has 0 aliphatic carbocycles. The van der Waals surface area contributed by atoms with E-state index < -0.39 is 0 Å². The van der Waals surface area contributed by atoms with Crippen LogP contribution in [0.4, 0.5) is 0 Å². The van der Waals surface area contributed by atoms with Crippen molar-refractivity contribution in [3.8, 4) is 0 Å². The summed E-state index contributed by atoms with van der Waals surface area (Å²) in [4.78, 5) is 0. The minimum absolute atomic E-state index is 0.440. The summed E-state index contributed by atoms with van der Waals surface area (Å²) in [6, 6.07) is 2.70. The van der Waals surface area contributed by atoms with Crippen molar-refractivity contribution in [2.75, 3.05) is 6.54 Å². The molecule has 0 saturated carbocycles. The molecule has 0 aromatic carbocycles. The third-order valence-electron chi connectivity index (χ3n) is 3.02. The van der Waals surface area contributed by atoms with Gasteiger partial charge in [0, 0.05) is 24.0 Å². The second-order valence-electron chi connectivity index (χ2n) is 4.28. The average Bonchev–Trinajstić information content (AvgIpc) is 2.51. The van der Waals surface area contributed by atoms with E-state index in [1.165, 1.54) is 17.0 Å².